The summed E-state index contributed by atoms with van der Waals surface area (Å²) >= 11 is 0. The summed E-state index contributed by atoms with van der Waals surface area (Å²) in [5.74, 6) is -6.60. The summed E-state index contributed by atoms with van der Waals surface area (Å²) < 4.78 is 61.0. The highest BCUT2D eigenvalue weighted by atomic mass is 19.3. The Morgan fingerprint density at radius 3 is 2.25 bits per heavy atom. The Bertz CT molecular complexity index is 158. The summed E-state index contributed by atoms with van der Waals surface area (Å²) in [6, 6.07) is 0. The van der Waals surface area contributed by atoms with Gasteiger partial charge in [-0.05, 0) is 0 Å². The molecular weight excluding hydrogens is 187 g/mol. The summed E-state index contributed by atoms with van der Waals surface area (Å²) in [6.07, 6.45) is -3.04. The van der Waals surface area contributed by atoms with Crippen LogP contribution in [0.5, 0.6) is 0 Å². The summed E-state index contributed by atoms with van der Waals surface area (Å²) in [4.78, 5) is 10.1. The SMILES string of the molecule is O=C(OCC(F)F)C(F)(F)CF. The maximum absolute atomic E-state index is 11.9. The van der Waals surface area contributed by atoms with Crippen LogP contribution in [0.1, 0.15) is 0 Å². The quantitative estimate of drug-likeness (QED) is 0.497. The third-order valence-corrected chi connectivity index (χ3v) is 0.807. The Morgan fingerprint density at radius 1 is 1.42 bits per heavy atom. The van der Waals surface area contributed by atoms with Crippen molar-refractivity contribution in [1.82, 2.24) is 0 Å². The molecule has 7 heteroatoms. The predicted molar refractivity (Wildman–Crippen MR) is 27.9 cm³/mol. The minimum Gasteiger partial charge on any atom is -0.455 e. The van der Waals surface area contributed by atoms with Crippen LogP contribution in [0.4, 0.5) is 22.0 Å². The number of carbonyl (C=O) groups excluding carboxylic acids is 1. The molecule has 0 unspecified atom stereocenters. The lowest BCUT2D eigenvalue weighted by Crippen LogP contribution is -2.33. The van der Waals surface area contributed by atoms with Gasteiger partial charge in [0.25, 0.3) is 6.43 Å². The highest BCUT2D eigenvalue weighted by molar-refractivity contribution is 5.77. The first-order valence-corrected chi connectivity index (χ1v) is 2.79. The van der Waals surface area contributed by atoms with Crippen molar-refractivity contribution in [1.29, 1.82) is 0 Å². The van der Waals surface area contributed by atoms with E-state index in [1.54, 1.807) is 0 Å². The van der Waals surface area contributed by atoms with E-state index in [1.807, 2.05) is 0 Å². The lowest BCUT2D eigenvalue weighted by atomic mass is 10.4. The van der Waals surface area contributed by atoms with Crippen molar-refractivity contribution in [3.8, 4) is 0 Å². The van der Waals surface area contributed by atoms with Crippen molar-refractivity contribution in [3.63, 3.8) is 0 Å². The third kappa shape index (κ3) is 3.49. The molecule has 0 fully saturated rings. The van der Waals surface area contributed by atoms with Crippen molar-refractivity contribution in [2.45, 2.75) is 12.3 Å². The van der Waals surface area contributed by atoms with E-state index in [0.29, 0.717) is 0 Å². The van der Waals surface area contributed by atoms with Gasteiger partial charge in [-0.15, -0.1) is 0 Å². The number of rotatable bonds is 4. The van der Waals surface area contributed by atoms with E-state index in [1.165, 1.54) is 0 Å². The van der Waals surface area contributed by atoms with Gasteiger partial charge >= 0.3 is 11.9 Å². The van der Waals surface area contributed by atoms with Crippen molar-refractivity contribution < 1.29 is 31.5 Å². The van der Waals surface area contributed by atoms with E-state index in [4.69, 9.17) is 0 Å². The lowest BCUT2D eigenvalue weighted by Gasteiger charge is -2.10. The van der Waals surface area contributed by atoms with E-state index >= 15 is 0 Å². The van der Waals surface area contributed by atoms with E-state index in [9.17, 15) is 26.7 Å². The summed E-state index contributed by atoms with van der Waals surface area (Å²) in [6.45, 7) is -3.70. The fourth-order valence-electron chi connectivity index (χ4n) is 0.299. The molecular formula is C5H5F5O2. The van der Waals surface area contributed by atoms with E-state index in [2.05, 4.69) is 4.74 Å². The van der Waals surface area contributed by atoms with Crippen molar-refractivity contribution in [2.75, 3.05) is 13.3 Å². The topological polar surface area (TPSA) is 26.3 Å². The zero-order chi connectivity index (χ0) is 9.78. The minimum absolute atomic E-state index is 1.45. The van der Waals surface area contributed by atoms with Gasteiger partial charge in [0.2, 0.25) is 0 Å². The van der Waals surface area contributed by atoms with Crippen LogP contribution in [0.25, 0.3) is 0 Å². The molecule has 0 heterocycles. The van der Waals surface area contributed by atoms with E-state index < -0.39 is 31.6 Å². The van der Waals surface area contributed by atoms with Gasteiger partial charge in [-0.25, -0.2) is 18.0 Å². The van der Waals surface area contributed by atoms with E-state index in [0.717, 1.165) is 0 Å². The molecule has 0 amide bonds. The molecule has 0 N–H and O–H groups in total. The Labute approximate surface area is 64.3 Å². The van der Waals surface area contributed by atoms with Gasteiger partial charge in [-0.1, -0.05) is 0 Å². The largest absolute Gasteiger partial charge is 0.455 e. The van der Waals surface area contributed by atoms with Gasteiger partial charge in [-0.2, -0.15) is 8.78 Å². The number of hydrogen-bond donors (Lipinski definition) is 0. The fraction of sp³-hybridized carbons (Fsp3) is 0.800. The monoisotopic (exact) mass is 192 g/mol. The average molecular weight is 192 g/mol. The number of alkyl halides is 5. The molecule has 72 valence electrons. The van der Waals surface area contributed by atoms with Gasteiger partial charge in [-0.3, -0.25) is 0 Å². The van der Waals surface area contributed by atoms with Gasteiger partial charge in [0.15, 0.2) is 13.3 Å². The second kappa shape index (κ2) is 4.22. The molecule has 0 aromatic heterocycles. The van der Waals surface area contributed by atoms with Crippen LogP contribution in [0.15, 0.2) is 0 Å². The van der Waals surface area contributed by atoms with Crippen molar-refractivity contribution in [3.05, 3.63) is 0 Å². The van der Waals surface area contributed by atoms with Crippen LogP contribution in [-0.2, 0) is 9.53 Å². The Morgan fingerprint density at radius 2 is 1.92 bits per heavy atom. The molecule has 0 spiro atoms. The van der Waals surface area contributed by atoms with E-state index in [-0.39, 0.29) is 0 Å². The van der Waals surface area contributed by atoms with Crippen LogP contribution >= 0.6 is 0 Å². The second-order valence-electron chi connectivity index (χ2n) is 1.83. The van der Waals surface area contributed by atoms with Gasteiger partial charge in [0, 0.05) is 0 Å². The van der Waals surface area contributed by atoms with Crippen molar-refractivity contribution in [2.24, 2.45) is 0 Å². The normalized spacial score (nSPS) is 11.8. The second-order valence-corrected chi connectivity index (χ2v) is 1.83. The number of carbonyl (C=O) groups is 1. The zero-order valence-electron chi connectivity index (χ0n) is 5.70. The number of ether oxygens (including phenoxy) is 1. The highest BCUT2D eigenvalue weighted by Crippen LogP contribution is 2.16. The van der Waals surface area contributed by atoms with Crippen LogP contribution in [0, 0.1) is 0 Å². The van der Waals surface area contributed by atoms with Gasteiger partial charge in [0.1, 0.15) is 0 Å². The Kier molecular flexibility index (Phi) is 3.91. The molecule has 0 radical (unpaired) electrons. The molecule has 0 rings (SSSR count). The molecule has 0 saturated carbocycles. The van der Waals surface area contributed by atoms with Crippen molar-refractivity contribution >= 4 is 5.97 Å². The molecule has 0 aliphatic heterocycles. The zero-order valence-corrected chi connectivity index (χ0v) is 5.70. The number of hydrogen-bond acceptors (Lipinski definition) is 2. The number of halogens is 5. The molecule has 2 nitrogen and oxygen atoms in total. The summed E-state index contributed by atoms with van der Waals surface area (Å²) in [7, 11) is 0. The maximum Gasteiger partial charge on any atom is 0.380 e. The van der Waals surface area contributed by atoms with Crippen LogP contribution in [0.3, 0.4) is 0 Å². The Balaban J connectivity index is 3.88. The molecule has 0 bridgehead atoms. The smallest absolute Gasteiger partial charge is 0.380 e. The molecule has 0 aromatic rings. The molecule has 12 heavy (non-hydrogen) atoms. The maximum atomic E-state index is 11.9. The molecule has 0 atom stereocenters. The molecule has 0 saturated heterocycles. The molecule has 0 aliphatic rings. The molecule has 0 aromatic carbocycles. The first kappa shape index (κ1) is 11.1. The van der Waals surface area contributed by atoms with Crippen LogP contribution < -0.4 is 0 Å². The van der Waals surface area contributed by atoms with Gasteiger partial charge < -0.3 is 4.74 Å². The Hall–Kier alpha value is -0.880. The van der Waals surface area contributed by atoms with Crippen LogP contribution in [-0.4, -0.2) is 31.6 Å². The first-order chi connectivity index (χ1) is 5.40. The first-order valence-electron chi connectivity index (χ1n) is 2.79. The fourth-order valence-corrected chi connectivity index (χ4v) is 0.299. The standard InChI is InChI=1S/C5H5F5O2/c6-2-5(9,10)4(11)12-1-3(7)8/h3H,1-2H2. The lowest BCUT2D eigenvalue weighted by molar-refractivity contribution is -0.177. The summed E-state index contributed by atoms with van der Waals surface area (Å²) in [5.41, 5.74) is 0. The molecule has 0 aliphatic carbocycles. The minimum atomic E-state index is -4.32. The third-order valence-electron chi connectivity index (χ3n) is 0.807. The number of esters is 1. The highest BCUT2D eigenvalue weighted by Gasteiger charge is 2.41. The predicted octanol–water partition coefficient (Wildman–Crippen LogP) is 1.40. The van der Waals surface area contributed by atoms with Crippen LogP contribution in [0.2, 0.25) is 0 Å². The van der Waals surface area contributed by atoms with Gasteiger partial charge in [0.05, 0.1) is 0 Å². The average Bonchev–Trinajstić information content (AvgIpc) is 2.00. The summed E-state index contributed by atoms with van der Waals surface area (Å²) in [5, 5.41) is 0.